The van der Waals surface area contributed by atoms with Crippen molar-refractivity contribution in [3.8, 4) is 34.1 Å². The van der Waals surface area contributed by atoms with Crippen molar-refractivity contribution in [2.24, 2.45) is 0 Å². The first kappa shape index (κ1) is 20.6. The SMILES string of the molecule is COc1ccc(-c2cccc(-c3ccc(OC)cc3)[o+]2)cc1.[O-][Cl+3]([O-])([O-])[O-]. The number of methoxy groups -OCH3 is 2. The summed E-state index contributed by atoms with van der Waals surface area (Å²) >= 11 is 0. The Balaban J connectivity index is 0.000000465. The van der Waals surface area contributed by atoms with Crippen LogP contribution in [0.15, 0.2) is 71.1 Å². The van der Waals surface area contributed by atoms with Crippen LogP contribution in [0.3, 0.4) is 0 Å². The number of rotatable bonds is 4. The molecule has 0 aliphatic heterocycles. The minimum Gasteiger partial charge on any atom is -0.497 e. The highest BCUT2D eigenvalue weighted by Gasteiger charge is 2.16. The lowest BCUT2D eigenvalue weighted by Crippen LogP contribution is -2.68. The third-order valence-corrected chi connectivity index (χ3v) is 3.46. The molecule has 0 aliphatic carbocycles. The monoisotopic (exact) mass is 392 g/mol. The summed E-state index contributed by atoms with van der Waals surface area (Å²) in [6.07, 6.45) is 0. The third kappa shape index (κ3) is 6.86. The second-order valence-electron chi connectivity index (χ2n) is 5.19. The molecule has 0 saturated heterocycles. The van der Waals surface area contributed by atoms with Crippen molar-refractivity contribution in [1.82, 2.24) is 0 Å². The Morgan fingerprint density at radius 3 is 1.26 bits per heavy atom. The molecule has 7 nitrogen and oxygen atoms in total. The van der Waals surface area contributed by atoms with Gasteiger partial charge in [0.05, 0.1) is 25.3 Å². The highest BCUT2D eigenvalue weighted by Crippen LogP contribution is 2.28. The van der Waals surface area contributed by atoms with Crippen LogP contribution in [-0.4, -0.2) is 14.2 Å². The summed E-state index contributed by atoms with van der Waals surface area (Å²) in [7, 11) is -1.63. The molecule has 1 heterocycles. The molecule has 0 radical (unpaired) electrons. The first-order valence-electron chi connectivity index (χ1n) is 7.64. The van der Waals surface area contributed by atoms with Crippen molar-refractivity contribution in [2.45, 2.75) is 0 Å². The molecule has 0 amide bonds. The molecule has 3 rings (SSSR count). The predicted molar refractivity (Wildman–Crippen MR) is 87.1 cm³/mol. The van der Waals surface area contributed by atoms with Gasteiger partial charge in [-0.1, -0.05) is 0 Å². The summed E-state index contributed by atoms with van der Waals surface area (Å²) in [6.45, 7) is 0. The van der Waals surface area contributed by atoms with E-state index in [9.17, 15) is 0 Å². The fraction of sp³-hybridized carbons (Fsp3) is 0.105. The minimum absolute atomic E-state index is 0.816. The smallest absolute Gasteiger partial charge is 0.360 e. The van der Waals surface area contributed by atoms with Crippen molar-refractivity contribution >= 4 is 0 Å². The Morgan fingerprint density at radius 1 is 0.630 bits per heavy atom. The van der Waals surface area contributed by atoms with Crippen molar-refractivity contribution < 1.29 is 42.8 Å². The molecule has 0 unspecified atom stereocenters. The highest BCUT2D eigenvalue weighted by atomic mass is 35.7. The van der Waals surface area contributed by atoms with E-state index in [4.69, 9.17) is 32.5 Å². The van der Waals surface area contributed by atoms with Gasteiger partial charge < -0.3 is 9.47 Å². The Bertz CT molecular complexity index is 774. The van der Waals surface area contributed by atoms with E-state index in [0.29, 0.717) is 0 Å². The molecule has 0 spiro atoms. The number of hydrogen-bond donors (Lipinski definition) is 0. The van der Waals surface area contributed by atoms with Crippen LogP contribution in [0.4, 0.5) is 0 Å². The molecule has 0 bridgehead atoms. The minimum atomic E-state index is -4.94. The molecule has 0 fully saturated rings. The predicted octanol–water partition coefficient (Wildman–Crippen LogP) is 0.156. The number of benzene rings is 2. The fourth-order valence-corrected chi connectivity index (χ4v) is 2.23. The topological polar surface area (TPSA) is 122 Å². The van der Waals surface area contributed by atoms with Gasteiger partial charge in [0.25, 0.3) is 0 Å². The van der Waals surface area contributed by atoms with E-state index in [0.717, 1.165) is 34.1 Å². The molecule has 1 aromatic heterocycles. The molecule has 0 aliphatic rings. The van der Waals surface area contributed by atoms with Gasteiger partial charge in [-0.25, -0.2) is 23.1 Å². The largest absolute Gasteiger partial charge is 0.497 e. The summed E-state index contributed by atoms with van der Waals surface area (Å²) in [5, 5.41) is 0. The van der Waals surface area contributed by atoms with Gasteiger partial charge in [-0.05, 0) is 54.6 Å². The van der Waals surface area contributed by atoms with Gasteiger partial charge in [0, 0.05) is 12.1 Å². The lowest BCUT2D eigenvalue weighted by atomic mass is 10.1. The van der Waals surface area contributed by atoms with Gasteiger partial charge >= 0.3 is 11.5 Å². The van der Waals surface area contributed by atoms with Crippen molar-refractivity contribution in [3.05, 3.63) is 66.7 Å². The first-order valence-corrected chi connectivity index (χ1v) is 8.87. The molecule has 8 heteroatoms. The van der Waals surface area contributed by atoms with E-state index in [1.807, 2.05) is 66.7 Å². The standard InChI is InChI=1S/C19H17O3.ClHO4/c1-20-16-10-6-14(7-11-16)18-4-3-5-19(22-18)15-8-12-17(21-2)13-9-15;2-1(3,4)5/h3-13H,1-2H3;(H,2,3,4,5)/q+1;/p-1. The maximum Gasteiger partial charge on any atom is 0.360 e. The van der Waals surface area contributed by atoms with Gasteiger partial charge in [0.15, 0.2) is 0 Å². The fourth-order valence-electron chi connectivity index (χ4n) is 2.23. The van der Waals surface area contributed by atoms with Gasteiger partial charge in [-0.2, -0.15) is 0 Å². The zero-order valence-electron chi connectivity index (χ0n) is 14.6. The Kier molecular flexibility index (Phi) is 7.12. The number of hydrogen-bond acceptors (Lipinski definition) is 6. The van der Waals surface area contributed by atoms with E-state index in [-0.39, 0.29) is 0 Å². The molecule has 3 aromatic rings. The molecular weight excluding hydrogens is 376 g/mol. The first-order chi connectivity index (χ1) is 12.8. The van der Waals surface area contributed by atoms with Crippen LogP contribution in [0.5, 0.6) is 11.5 Å². The van der Waals surface area contributed by atoms with Gasteiger partial charge in [0.2, 0.25) is 0 Å². The normalized spacial score (nSPS) is 10.6. The summed E-state index contributed by atoms with van der Waals surface area (Å²) in [5.41, 5.74) is 2.02. The van der Waals surface area contributed by atoms with Crippen LogP contribution in [-0.2, 0) is 0 Å². The van der Waals surface area contributed by atoms with Crippen LogP contribution in [0, 0.1) is 10.2 Å². The molecule has 0 N–H and O–H groups in total. The van der Waals surface area contributed by atoms with Crippen LogP contribution < -0.4 is 28.1 Å². The third-order valence-electron chi connectivity index (χ3n) is 3.46. The van der Waals surface area contributed by atoms with Gasteiger partial charge in [0.1, 0.15) is 11.5 Å². The van der Waals surface area contributed by atoms with Crippen LogP contribution in [0.25, 0.3) is 22.6 Å². The summed E-state index contributed by atoms with van der Waals surface area (Å²) < 4.78 is 50.3. The van der Waals surface area contributed by atoms with E-state index < -0.39 is 10.2 Å². The van der Waals surface area contributed by atoms with Crippen LogP contribution in [0.2, 0.25) is 0 Å². The maximum atomic E-state index is 8.49. The molecule has 27 heavy (non-hydrogen) atoms. The van der Waals surface area contributed by atoms with Gasteiger partial charge in [-0.3, -0.25) is 0 Å². The molecular formula is C19H17ClO7. The Hall–Kier alpha value is -2.68. The van der Waals surface area contributed by atoms with Gasteiger partial charge in [-0.15, -0.1) is 10.2 Å². The second-order valence-corrected chi connectivity index (χ2v) is 5.95. The van der Waals surface area contributed by atoms with E-state index in [1.165, 1.54) is 0 Å². The van der Waals surface area contributed by atoms with E-state index >= 15 is 0 Å². The van der Waals surface area contributed by atoms with Crippen LogP contribution >= 0.6 is 0 Å². The van der Waals surface area contributed by atoms with E-state index in [1.54, 1.807) is 14.2 Å². The summed E-state index contributed by atoms with van der Waals surface area (Å²) in [6, 6.07) is 21.5. The zero-order chi connectivity index (χ0) is 19.9. The Morgan fingerprint density at radius 2 is 0.963 bits per heavy atom. The molecule has 0 atom stereocenters. The molecule has 2 aromatic carbocycles. The average molecular weight is 393 g/mol. The zero-order valence-corrected chi connectivity index (χ0v) is 15.3. The molecule has 142 valence electrons. The molecule has 0 saturated carbocycles. The van der Waals surface area contributed by atoms with Crippen molar-refractivity contribution in [1.29, 1.82) is 0 Å². The maximum absolute atomic E-state index is 8.49. The Labute approximate surface area is 158 Å². The quantitative estimate of drug-likeness (QED) is 0.579. The second kappa shape index (κ2) is 9.31. The van der Waals surface area contributed by atoms with E-state index in [2.05, 4.69) is 0 Å². The highest BCUT2D eigenvalue weighted by molar-refractivity contribution is 5.63. The lowest BCUT2D eigenvalue weighted by Gasteiger charge is -2.17. The van der Waals surface area contributed by atoms with Crippen molar-refractivity contribution in [2.75, 3.05) is 14.2 Å². The van der Waals surface area contributed by atoms with Crippen LogP contribution in [0.1, 0.15) is 0 Å². The van der Waals surface area contributed by atoms with Crippen molar-refractivity contribution in [3.63, 3.8) is 0 Å². The lowest BCUT2D eigenvalue weighted by molar-refractivity contribution is -2.00. The summed E-state index contributed by atoms with van der Waals surface area (Å²) in [5.74, 6) is 3.29. The number of ether oxygens (including phenoxy) is 2. The summed E-state index contributed by atoms with van der Waals surface area (Å²) in [4.78, 5) is 0. The average Bonchev–Trinajstić information content (AvgIpc) is 2.67. The number of halogens is 1.